The number of aromatic nitrogens is 1. The molecule has 0 bridgehead atoms. The van der Waals surface area contributed by atoms with Crippen molar-refractivity contribution in [3.8, 4) is 17.5 Å². The summed E-state index contributed by atoms with van der Waals surface area (Å²) in [4.78, 5) is 18.2. The van der Waals surface area contributed by atoms with Crippen LogP contribution in [0.1, 0.15) is 80.9 Å². The van der Waals surface area contributed by atoms with Gasteiger partial charge in [-0.05, 0) is 85.3 Å². The molecule has 2 aromatic rings. The number of carbonyl (C=O) groups excluding carboxylic acids is 1. The van der Waals surface area contributed by atoms with Crippen molar-refractivity contribution >= 4 is 5.97 Å². The summed E-state index contributed by atoms with van der Waals surface area (Å²) in [5.41, 5.74) is 2.87. The van der Waals surface area contributed by atoms with Gasteiger partial charge in [-0.15, -0.1) is 4.73 Å². The van der Waals surface area contributed by atoms with Crippen LogP contribution >= 0.6 is 0 Å². The van der Waals surface area contributed by atoms with Gasteiger partial charge in [-0.1, -0.05) is 19.9 Å². The number of phenols is 1. The van der Waals surface area contributed by atoms with E-state index in [1.54, 1.807) is 6.07 Å². The largest absolute Gasteiger partial charge is 0.508 e. The van der Waals surface area contributed by atoms with Gasteiger partial charge in [0, 0.05) is 17.7 Å². The summed E-state index contributed by atoms with van der Waals surface area (Å²) in [5, 5.41) is 41.1. The van der Waals surface area contributed by atoms with Crippen molar-refractivity contribution in [3.63, 3.8) is 0 Å². The van der Waals surface area contributed by atoms with Crippen molar-refractivity contribution in [1.82, 2.24) is 4.73 Å². The van der Waals surface area contributed by atoms with Crippen molar-refractivity contribution in [2.24, 2.45) is 17.3 Å². The van der Waals surface area contributed by atoms with Crippen LogP contribution in [-0.2, 0) is 11.2 Å². The van der Waals surface area contributed by atoms with Crippen molar-refractivity contribution in [2.45, 2.75) is 76.7 Å². The van der Waals surface area contributed by atoms with E-state index in [9.17, 15) is 25.2 Å². The molecule has 0 radical (unpaired) electrons. The molecule has 7 nitrogen and oxygen atoms in total. The number of benzene rings is 1. The summed E-state index contributed by atoms with van der Waals surface area (Å²) in [6, 6.07) is 6.26. The van der Waals surface area contributed by atoms with E-state index in [-0.39, 0.29) is 29.0 Å². The molecule has 4 N–H and O–H groups in total. The summed E-state index contributed by atoms with van der Waals surface area (Å²) in [7, 11) is 0. The minimum atomic E-state index is -0.737. The normalized spacial score (nSPS) is 31.4. The number of aliphatic hydroxyl groups is 1. The predicted molar refractivity (Wildman–Crippen MR) is 121 cm³/mol. The maximum Gasteiger partial charge on any atom is 0.340 e. The summed E-state index contributed by atoms with van der Waals surface area (Å²) in [5.74, 6) is -0.697. The van der Waals surface area contributed by atoms with Gasteiger partial charge in [-0.2, -0.15) is 0 Å². The van der Waals surface area contributed by atoms with Crippen LogP contribution in [0.3, 0.4) is 0 Å². The molecule has 2 fully saturated rings. The zero-order valence-corrected chi connectivity index (χ0v) is 19.2. The first-order chi connectivity index (χ1) is 15.7. The van der Waals surface area contributed by atoms with Crippen molar-refractivity contribution in [2.75, 3.05) is 0 Å². The number of aryl methyl sites for hydroxylation is 1. The lowest BCUT2D eigenvalue weighted by Gasteiger charge is -2.50. The molecule has 33 heavy (non-hydrogen) atoms. The van der Waals surface area contributed by atoms with Gasteiger partial charge in [0.05, 0.1) is 12.0 Å². The zero-order chi connectivity index (χ0) is 23.5. The van der Waals surface area contributed by atoms with Gasteiger partial charge in [-0.3, -0.25) is 0 Å². The second-order valence-corrected chi connectivity index (χ2v) is 10.4. The van der Waals surface area contributed by atoms with E-state index in [1.807, 2.05) is 13.0 Å². The Kier molecular flexibility index (Phi) is 5.35. The summed E-state index contributed by atoms with van der Waals surface area (Å²) in [6.07, 6.45) is 6.05. The Morgan fingerprint density at radius 1 is 1.15 bits per heavy atom. The highest BCUT2D eigenvalue weighted by molar-refractivity contribution is 5.80. The number of hydrogen-bond donors (Lipinski definition) is 4. The van der Waals surface area contributed by atoms with E-state index in [4.69, 9.17) is 4.84 Å². The molecule has 0 aliphatic heterocycles. The molecule has 1 aromatic heterocycles. The number of aliphatic hydroxyl groups excluding tert-OH is 1. The number of hydrogen-bond acceptors (Lipinski definition) is 6. The van der Waals surface area contributed by atoms with Crippen LogP contribution in [0.2, 0.25) is 0 Å². The van der Waals surface area contributed by atoms with Gasteiger partial charge in [0.25, 0.3) is 0 Å². The molecule has 0 spiro atoms. The van der Waals surface area contributed by atoms with Crippen LogP contribution in [0.15, 0.2) is 24.3 Å². The molecule has 3 aliphatic rings. The third-order valence-electron chi connectivity index (χ3n) is 8.87. The number of phenolic OH excluding ortho intramolecular Hbond substituents is 1. The quantitative estimate of drug-likeness (QED) is 0.555. The highest BCUT2D eigenvalue weighted by atomic mass is 16.7. The Morgan fingerprint density at radius 3 is 2.58 bits per heavy atom. The molecular formula is C26H33NO6. The monoisotopic (exact) mass is 455 g/mol. The lowest BCUT2D eigenvalue weighted by Crippen LogP contribution is -2.44. The Balaban J connectivity index is 1.46. The standard InChI is InChI=1S/C26H33NO6/c1-3-15(25(32)33-27-23(30)8-9-24(27)31)19-13-18-14(12-21(19)28)4-5-17-16(18)10-11-26(2)20(17)6-7-22(26)29/h8-9,12-13,15-17,20,22,28-31H,3-7,10-11H2,1-2H3/t15?,16-,17+,20-,22+,26-/m0/s1. The minimum Gasteiger partial charge on any atom is -0.508 e. The number of nitrogens with zero attached hydrogens (tertiary/aromatic N) is 1. The first kappa shape index (κ1) is 22.1. The van der Waals surface area contributed by atoms with Gasteiger partial charge in [0.2, 0.25) is 11.8 Å². The Morgan fingerprint density at radius 2 is 1.88 bits per heavy atom. The number of fused-ring (bicyclic) bond motifs is 5. The summed E-state index contributed by atoms with van der Waals surface area (Å²) in [6.45, 7) is 4.09. The maximum atomic E-state index is 13.0. The number of carbonyl (C=O) groups is 1. The minimum absolute atomic E-state index is 0.00501. The van der Waals surface area contributed by atoms with Crippen LogP contribution in [0, 0.1) is 17.3 Å². The topological polar surface area (TPSA) is 112 Å². The van der Waals surface area contributed by atoms with E-state index in [2.05, 4.69) is 6.92 Å². The van der Waals surface area contributed by atoms with E-state index in [0.29, 0.717) is 34.5 Å². The van der Waals surface area contributed by atoms with Crippen LogP contribution in [0.25, 0.3) is 0 Å². The molecule has 2 saturated carbocycles. The van der Waals surface area contributed by atoms with E-state index < -0.39 is 11.9 Å². The molecule has 5 rings (SSSR count). The fourth-order valence-electron chi connectivity index (χ4n) is 7.04. The number of rotatable bonds is 4. The Bertz CT molecular complexity index is 1060. The molecule has 1 aromatic carbocycles. The van der Waals surface area contributed by atoms with Gasteiger partial charge in [0.1, 0.15) is 5.75 Å². The lowest BCUT2D eigenvalue weighted by molar-refractivity contribution is -0.147. The lowest BCUT2D eigenvalue weighted by atomic mass is 9.55. The molecule has 0 amide bonds. The van der Waals surface area contributed by atoms with Gasteiger partial charge in [0.15, 0.2) is 0 Å². The molecule has 3 aliphatic carbocycles. The van der Waals surface area contributed by atoms with Gasteiger partial charge in [-0.25, -0.2) is 4.79 Å². The predicted octanol–water partition coefficient (Wildman–Crippen LogP) is 3.97. The van der Waals surface area contributed by atoms with Crippen LogP contribution in [0.4, 0.5) is 0 Å². The highest BCUT2D eigenvalue weighted by Crippen LogP contribution is 2.61. The fraction of sp³-hybridized carbons (Fsp3) is 0.577. The van der Waals surface area contributed by atoms with Crippen molar-refractivity contribution in [3.05, 3.63) is 41.0 Å². The van der Waals surface area contributed by atoms with Gasteiger partial charge < -0.3 is 25.3 Å². The van der Waals surface area contributed by atoms with Crippen LogP contribution < -0.4 is 4.84 Å². The molecule has 7 heteroatoms. The molecule has 1 unspecified atom stereocenters. The Labute approximate surface area is 193 Å². The highest BCUT2D eigenvalue weighted by Gasteiger charge is 2.54. The van der Waals surface area contributed by atoms with Crippen molar-refractivity contribution in [1.29, 1.82) is 0 Å². The Hall–Kier alpha value is -2.67. The zero-order valence-electron chi connectivity index (χ0n) is 19.2. The van der Waals surface area contributed by atoms with E-state index >= 15 is 0 Å². The molecule has 6 atom stereocenters. The molecule has 0 saturated heterocycles. The summed E-state index contributed by atoms with van der Waals surface area (Å²) >= 11 is 0. The van der Waals surface area contributed by atoms with E-state index in [0.717, 1.165) is 44.1 Å². The first-order valence-corrected chi connectivity index (χ1v) is 12.1. The first-order valence-electron chi connectivity index (χ1n) is 12.1. The average molecular weight is 456 g/mol. The average Bonchev–Trinajstić information content (AvgIpc) is 3.27. The van der Waals surface area contributed by atoms with Crippen molar-refractivity contribution < 1.29 is 30.1 Å². The smallest absolute Gasteiger partial charge is 0.340 e. The van der Waals surface area contributed by atoms with Gasteiger partial charge >= 0.3 is 5.97 Å². The maximum absolute atomic E-state index is 13.0. The second-order valence-electron chi connectivity index (χ2n) is 10.4. The van der Waals surface area contributed by atoms with Crippen LogP contribution in [0.5, 0.6) is 17.5 Å². The third kappa shape index (κ3) is 3.39. The SMILES string of the molecule is CCC(C(=O)On1c(O)ccc1O)c1cc2c(cc1O)CC[C@@H]1[C@@H]2CC[C@]2(C)[C@H](O)CC[C@@H]12. The molecular weight excluding hydrogens is 422 g/mol. The molecule has 178 valence electrons. The summed E-state index contributed by atoms with van der Waals surface area (Å²) < 4.78 is 0.684. The molecule has 1 heterocycles. The third-order valence-corrected chi connectivity index (χ3v) is 8.87. The van der Waals surface area contributed by atoms with Crippen LogP contribution in [-0.4, -0.2) is 37.2 Å². The number of aromatic hydroxyl groups is 3. The van der Waals surface area contributed by atoms with E-state index in [1.165, 1.54) is 17.7 Å². The fourth-order valence-corrected chi connectivity index (χ4v) is 7.04. The second kappa shape index (κ2) is 7.97.